The highest BCUT2D eigenvalue weighted by Gasteiger charge is 2.39. The summed E-state index contributed by atoms with van der Waals surface area (Å²) in [6.07, 6.45) is -7.33. The summed E-state index contributed by atoms with van der Waals surface area (Å²) >= 11 is 0. The summed E-state index contributed by atoms with van der Waals surface area (Å²) in [4.78, 5) is 10.4. The molecule has 0 aliphatic rings. The number of rotatable bonds is 2. The number of halogens is 3. The summed E-state index contributed by atoms with van der Waals surface area (Å²) in [6.45, 7) is 0. The molecule has 2 N–H and O–H groups in total. The Kier molecular flexibility index (Phi) is 2.99. The van der Waals surface area contributed by atoms with E-state index in [0.717, 1.165) is 24.3 Å². The molecule has 1 rings (SSSR count). The van der Waals surface area contributed by atoms with Gasteiger partial charge in [0.05, 0.1) is 5.56 Å². The standard InChI is InChI=1S/C9H7F3O3/c10-9(11,12)7(13)5-1-3-6(4-2-5)8(14)15/h1-4,7,13H,(H,14,15). The molecule has 1 atom stereocenters. The first-order valence-corrected chi connectivity index (χ1v) is 3.90. The smallest absolute Gasteiger partial charge is 0.418 e. The number of carbonyl (C=O) groups is 1. The molecular weight excluding hydrogens is 213 g/mol. The number of aromatic carboxylic acids is 1. The van der Waals surface area contributed by atoms with Crippen LogP contribution >= 0.6 is 0 Å². The highest BCUT2D eigenvalue weighted by molar-refractivity contribution is 5.87. The van der Waals surface area contributed by atoms with Crippen LogP contribution in [0.3, 0.4) is 0 Å². The lowest BCUT2D eigenvalue weighted by Gasteiger charge is -2.14. The Labute approximate surface area is 82.8 Å². The van der Waals surface area contributed by atoms with Gasteiger partial charge in [-0.2, -0.15) is 13.2 Å². The van der Waals surface area contributed by atoms with E-state index in [9.17, 15) is 18.0 Å². The van der Waals surface area contributed by atoms with Crippen LogP contribution in [-0.2, 0) is 0 Å². The van der Waals surface area contributed by atoms with Gasteiger partial charge in [0, 0.05) is 0 Å². The van der Waals surface area contributed by atoms with Crippen LogP contribution in [0.25, 0.3) is 0 Å². The molecule has 0 aliphatic carbocycles. The number of hydrogen-bond donors (Lipinski definition) is 2. The first-order valence-electron chi connectivity index (χ1n) is 3.90. The van der Waals surface area contributed by atoms with Crippen molar-refractivity contribution in [1.29, 1.82) is 0 Å². The van der Waals surface area contributed by atoms with Crippen LogP contribution in [0.15, 0.2) is 24.3 Å². The topological polar surface area (TPSA) is 57.5 Å². The number of alkyl halides is 3. The van der Waals surface area contributed by atoms with Gasteiger partial charge in [-0.05, 0) is 17.7 Å². The van der Waals surface area contributed by atoms with Crippen molar-refractivity contribution in [2.24, 2.45) is 0 Å². The summed E-state index contributed by atoms with van der Waals surface area (Å²) < 4.78 is 36.1. The zero-order chi connectivity index (χ0) is 11.6. The molecule has 0 amide bonds. The molecular formula is C9H7F3O3. The van der Waals surface area contributed by atoms with Crippen molar-refractivity contribution in [2.75, 3.05) is 0 Å². The predicted molar refractivity (Wildman–Crippen MR) is 44.4 cm³/mol. The summed E-state index contributed by atoms with van der Waals surface area (Å²) in [5.74, 6) is -1.23. The van der Waals surface area contributed by atoms with E-state index in [1.54, 1.807) is 0 Å². The molecule has 0 fully saturated rings. The number of hydrogen-bond acceptors (Lipinski definition) is 2. The van der Waals surface area contributed by atoms with Crippen LogP contribution < -0.4 is 0 Å². The molecule has 0 spiro atoms. The molecule has 0 heterocycles. The minimum absolute atomic E-state index is 0.131. The van der Waals surface area contributed by atoms with Crippen molar-refractivity contribution in [3.63, 3.8) is 0 Å². The Morgan fingerprint density at radius 2 is 1.67 bits per heavy atom. The van der Waals surface area contributed by atoms with Gasteiger partial charge in [0.1, 0.15) is 0 Å². The lowest BCUT2D eigenvalue weighted by Crippen LogP contribution is -2.20. The van der Waals surface area contributed by atoms with Crippen molar-refractivity contribution in [1.82, 2.24) is 0 Å². The average Bonchev–Trinajstić information content (AvgIpc) is 2.15. The second kappa shape index (κ2) is 3.90. The van der Waals surface area contributed by atoms with Gasteiger partial charge in [0.25, 0.3) is 0 Å². The van der Waals surface area contributed by atoms with Crippen LogP contribution in [0.1, 0.15) is 22.0 Å². The molecule has 82 valence electrons. The minimum Gasteiger partial charge on any atom is -0.478 e. The van der Waals surface area contributed by atoms with E-state index in [1.807, 2.05) is 0 Å². The first-order chi connectivity index (χ1) is 6.82. The van der Waals surface area contributed by atoms with Crippen LogP contribution in [0.2, 0.25) is 0 Å². The van der Waals surface area contributed by atoms with Crippen molar-refractivity contribution < 1.29 is 28.2 Å². The Balaban J connectivity index is 2.94. The molecule has 0 radical (unpaired) electrons. The fraction of sp³-hybridized carbons (Fsp3) is 0.222. The van der Waals surface area contributed by atoms with Crippen molar-refractivity contribution in [3.05, 3.63) is 35.4 Å². The third-order valence-corrected chi connectivity index (χ3v) is 1.78. The van der Waals surface area contributed by atoms with Gasteiger partial charge in [-0.1, -0.05) is 12.1 Å². The third-order valence-electron chi connectivity index (χ3n) is 1.78. The maximum absolute atomic E-state index is 12.0. The average molecular weight is 220 g/mol. The predicted octanol–water partition coefficient (Wildman–Crippen LogP) is 1.98. The van der Waals surface area contributed by atoms with Gasteiger partial charge in [0.2, 0.25) is 0 Å². The molecule has 6 heteroatoms. The lowest BCUT2D eigenvalue weighted by atomic mass is 10.1. The fourth-order valence-electron chi connectivity index (χ4n) is 0.997. The highest BCUT2D eigenvalue weighted by atomic mass is 19.4. The van der Waals surface area contributed by atoms with E-state index in [0.29, 0.717) is 0 Å². The molecule has 0 aliphatic heterocycles. The molecule has 3 nitrogen and oxygen atoms in total. The van der Waals surface area contributed by atoms with E-state index < -0.39 is 18.2 Å². The molecule has 1 aromatic rings. The summed E-state index contributed by atoms with van der Waals surface area (Å²) in [7, 11) is 0. The van der Waals surface area contributed by atoms with E-state index in [1.165, 1.54) is 0 Å². The Morgan fingerprint density at radius 3 is 2.00 bits per heavy atom. The fourth-order valence-corrected chi connectivity index (χ4v) is 0.997. The maximum atomic E-state index is 12.0. The summed E-state index contributed by atoms with van der Waals surface area (Å²) in [5, 5.41) is 17.3. The number of benzene rings is 1. The molecule has 1 unspecified atom stereocenters. The lowest BCUT2D eigenvalue weighted by molar-refractivity contribution is -0.206. The monoisotopic (exact) mass is 220 g/mol. The molecule has 15 heavy (non-hydrogen) atoms. The van der Waals surface area contributed by atoms with Crippen LogP contribution in [-0.4, -0.2) is 22.4 Å². The van der Waals surface area contributed by atoms with Crippen LogP contribution in [0, 0.1) is 0 Å². The van der Waals surface area contributed by atoms with E-state index >= 15 is 0 Å². The second-order valence-corrected chi connectivity index (χ2v) is 2.87. The van der Waals surface area contributed by atoms with Crippen molar-refractivity contribution in [3.8, 4) is 0 Å². The first kappa shape index (κ1) is 11.5. The number of carboxylic acids is 1. The number of aliphatic hydroxyl groups is 1. The maximum Gasteiger partial charge on any atom is 0.418 e. The molecule has 0 bridgehead atoms. The van der Waals surface area contributed by atoms with E-state index in [2.05, 4.69) is 0 Å². The normalized spacial score (nSPS) is 13.6. The van der Waals surface area contributed by atoms with Gasteiger partial charge >= 0.3 is 12.1 Å². The Morgan fingerprint density at radius 1 is 1.20 bits per heavy atom. The number of carboxylic acid groups (broad SMARTS) is 1. The molecule has 0 aromatic heterocycles. The third kappa shape index (κ3) is 2.69. The van der Waals surface area contributed by atoms with Gasteiger partial charge in [-0.15, -0.1) is 0 Å². The molecule has 0 saturated carbocycles. The van der Waals surface area contributed by atoms with Gasteiger partial charge < -0.3 is 10.2 Å². The largest absolute Gasteiger partial charge is 0.478 e. The van der Waals surface area contributed by atoms with Crippen LogP contribution in [0.5, 0.6) is 0 Å². The minimum atomic E-state index is -4.75. The second-order valence-electron chi connectivity index (χ2n) is 2.87. The summed E-state index contributed by atoms with van der Waals surface area (Å²) in [5.41, 5.74) is -0.513. The van der Waals surface area contributed by atoms with Gasteiger partial charge in [0.15, 0.2) is 6.10 Å². The molecule has 0 saturated heterocycles. The molecule has 1 aromatic carbocycles. The Hall–Kier alpha value is -1.56. The van der Waals surface area contributed by atoms with E-state index in [-0.39, 0.29) is 11.1 Å². The number of aliphatic hydroxyl groups excluding tert-OH is 1. The van der Waals surface area contributed by atoms with Gasteiger partial charge in [-0.3, -0.25) is 0 Å². The zero-order valence-electron chi connectivity index (χ0n) is 7.32. The Bertz CT molecular complexity index is 356. The summed E-state index contributed by atoms with van der Waals surface area (Å²) in [6, 6.07) is 3.88. The van der Waals surface area contributed by atoms with Crippen molar-refractivity contribution in [2.45, 2.75) is 12.3 Å². The SMILES string of the molecule is O=C(O)c1ccc(C(O)C(F)(F)F)cc1. The van der Waals surface area contributed by atoms with Crippen molar-refractivity contribution >= 4 is 5.97 Å². The zero-order valence-corrected chi connectivity index (χ0v) is 7.32. The van der Waals surface area contributed by atoms with E-state index in [4.69, 9.17) is 10.2 Å². The highest BCUT2D eigenvalue weighted by Crippen LogP contribution is 2.32. The van der Waals surface area contributed by atoms with Gasteiger partial charge in [-0.25, -0.2) is 4.79 Å². The quantitative estimate of drug-likeness (QED) is 0.801. The van der Waals surface area contributed by atoms with Crippen LogP contribution in [0.4, 0.5) is 13.2 Å².